The number of carbonyl (C=O) groups excluding carboxylic acids is 1. The van der Waals surface area contributed by atoms with E-state index in [1.165, 1.54) is 10.5 Å². The van der Waals surface area contributed by atoms with Gasteiger partial charge in [-0.05, 0) is 54.5 Å². The van der Waals surface area contributed by atoms with Crippen molar-refractivity contribution in [2.75, 3.05) is 12.8 Å². The third-order valence-electron chi connectivity index (χ3n) is 5.14. The summed E-state index contributed by atoms with van der Waals surface area (Å²) in [6.07, 6.45) is 0.508. The number of hydrogen-bond donors (Lipinski definition) is 3. The number of carbonyl (C=O) groups is 2. The fraction of sp³-hybridized carbons (Fsp3) is 0.375. The van der Waals surface area contributed by atoms with Gasteiger partial charge in [0.1, 0.15) is 6.04 Å². The van der Waals surface area contributed by atoms with Gasteiger partial charge in [-0.1, -0.05) is 42.8 Å². The molecule has 34 heavy (non-hydrogen) atoms. The van der Waals surface area contributed by atoms with Gasteiger partial charge >= 0.3 is 12.1 Å². The summed E-state index contributed by atoms with van der Waals surface area (Å²) in [6.45, 7) is 0.870. The highest BCUT2D eigenvalue weighted by Gasteiger charge is 2.38. The molecule has 1 aliphatic rings. The molecule has 2 aromatic rings. The highest BCUT2D eigenvalue weighted by Crippen LogP contribution is 2.25. The smallest absolute Gasteiger partial charge is 0.475 e. The number of benzene rings is 2. The second-order valence-electron chi connectivity index (χ2n) is 7.63. The van der Waals surface area contributed by atoms with Crippen LogP contribution in [0.15, 0.2) is 53.4 Å². The van der Waals surface area contributed by atoms with Gasteiger partial charge in [0.2, 0.25) is 5.91 Å². The first kappa shape index (κ1) is 27.2. The number of carboxylic acid groups (broad SMARTS) is 1. The maximum atomic E-state index is 12.3. The molecule has 1 fully saturated rings. The molecular weight excluding hydrogens is 467 g/mol. The molecule has 10 heteroatoms. The average Bonchev–Trinajstić information content (AvgIpc) is 2.84. The van der Waals surface area contributed by atoms with E-state index in [1.54, 1.807) is 11.8 Å². The second kappa shape index (κ2) is 13.0. The molecule has 0 aromatic heterocycles. The van der Waals surface area contributed by atoms with Gasteiger partial charge in [0.25, 0.3) is 0 Å². The largest absolute Gasteiger partial charge is 0.490 e. The predicted molar refractivity (Wildman–Crippen MR) is 124 cm³/mol. The number of amides is 1. The summed E-state index contributed by atoms with van der Waals surface area (Å²) < 4.78 is 31.7. The van der Waals surface area contributed by atoms with Crippen LogP contribution in [0.25, 0.3) is 11.1 Å². The maximum Gasteiger partial charge on any atom is 0.490 e. The van der Waals surface area contributed by atoms with Crippen molar-refractivity contribution in [3.8, 4) is 17.2 Å². The topological polar surface area (TPSA) is 102 Å². The molecule has 3 N–H and O–H groups in total. The monoisotopic (exact) mass is 493 g/mol. The molecular formula is C24H26F3N3O3S. The Bertz CT molecular complexity index is 1000. The zero-order valence-corrected chi connectivity index (χ0v) is 19.4. The Labute approximate surface area is 200 Å². The summed E-state index contributed by atoms with van der Waals surface area (Å²) >= 11 is 1.73. The Morgan fingerprint density at radius 1 is 1.21 bits per heavy atom. The third-order valence-corrected chi connectivity index (χ3v) is 5.86. The van der Waals surface area contributed by atoms with E-state index < -0.39 is 18.2 Å². The fourth-order valence-electron chi connectivity index (χ4n) is 3.35. The number of nitriles is 1. The number of alkyl halides is 3. The van der Waals surface area contributed by atoms with Crippen molar-refractivity contribution in [2.45, 2.75) is 48.8 Å². The number of rotatable bonds is 6. The van der Waals surface area contributed by atoms with Crippen molar-refractivity contribution in [2.24, 2.45) is 0 Å². The summed E-state index contributed by atoms with van der Waals surface area (Å²) in [4.78, 5) is 22.5. The Morgan fingerprint density at radius 2 is 1.88 bits per heavy atom. The fourth-order valence-corrected chi connectivity index (χ4v) is 3.81. The molecule has 1 amide bonds. The van der Waals surface area contributed by atoms with Crippen molar-refractivity contribution >= 4 is 23.6 Å². The lowest BCUT2D eigenvalue weighted by Gasteiger charge is -2.23. The number of carboxylic acids is 1. The molecule has 0 bridgehead atoms. The molecule has 1 saturated heterocycles. The molecule has 1 aliphatic heterocycles. The molecule has 0 aliphatic carbocycles. The van der Waals surface area contributed by atoms with Gasteiger partial charge in [0.15, 0.2) is 0 Å². The van der Waals surface area contributed by atoms with Crippen LogP contribution in [0.1, 0.15) is 24.8 Å². The maximum absolute atomic E-state index is 12.3. The van der Waals surface area contributed by atoms with Gasteiger partial charge in [-0.2, -0.15) is 18.4 Å². The minimum Gasteiger partial charge on any atom is -0.475 e. The van der Waals surface area contributed by atoms with E-state index >= 15 is 0 Å². The van der Waals surface area contributed by atoms with Crippen LogP contribution >= 0.6 is 11.8 Å². The van der Waals surface area contributed by atoms with E-state index in [2.05, 4.69) is 59.4 Å². The Kier molecular flexibility index (Phi) is 10.4. The highest BCUT2D eigenvalue weighted by atomic mass is 32.2. The van der Waals surface area contributed by atoms with Crippen LogP contribution in [0.4, 0.5) is 13.2 Å². The summed E-state index contributed by atoms with van der Waals surface area (Å²) in [6, 6.07) is 18.2. The number of thioether (sulfide) groups is 1. The van der Waals surface area contributed by atoms with Crippen molar-refractivity contribution in [1.29, 1.82) is 5.26 Å². The van der Waals surface area contributed by atoms with Crippen LogP contribution in [0.5, 0.6) is 0 Å². The first-order valence-electron chi connectivity index (χ1n) is 10.6. The van der Waals surface area contributed by atoms with Gasteiger partial charge in [-0.15, -0.1) is 11.8 Å². The molecule has 1 heterocycles. The van der Waals surface area contributed by atoms with E-state index in [1.807, 2.05) is 12.1 Å². The summed E-state index contributed by atoms with van der Waals surface area (Å²) in [5, 5.41) is 22.7. The molecule has 6 nitrogen and oxygen atoms in total. The van der Waals surface area contributed by atoms with Gasteiger partial charge in [-0.3, -0.25) is 4.79 Å². The zero-order chi connectivity index (χ0) is 25.1. The van der Waals surface area contributed by atoms with Crippen molar-refractivity contribution in [3.05, 3.63) is 54.1 Å². The second-order valence-corrected chi connectivity index (χ2v) is 8.51. The Balaban J connectivity index is 0.000000509. The van der Waals surface area contributed by atoms with Gasteiger partial charge in [0.05, 0.1) is 12.1 Å². The molecule has 2 aromatic carbocycles. The third kappa shape index (κ3) is 8.72. The van der Waals surface area contributed by atoms with Crippen LogP contribution in [0, 0.1) is 11.3 Å². The lowest BCUT2D eigenvalue weighted by molar-refractivity contribution is -0.192. The quantitative estimate of drug-likeness (QED) is 0.516. The van der Waals surface area contributed by atoms with Crippen LogP contribution in [0.3, 0.4) is 0 Å². The molecule has 2 atom stereocenters. The lowest BCUT2D eigenvalue weighted by atomic mass is 10.00. The van der Waals surface area contributed by atoms with Gasteiger partial charge < -0.3 is 15.7 Å². The summed E-state index contributed by atoms with van der Waals surface area (Å²) in [5.41, 5.74) is 3.38. The van der Waals surface area contributed by atoms with Gasteiger partial charge in [-0.25, -0.2) is 4.79 Å². The first-order valence-corrected chi connectivity index (χ1v) is 11.8. The lowest BCUT2D eigenvalue weighted by Crippen LogP contribution is -2.49. The number of aliphatic carboxylic acids is 1. The van der Waals surface area contributed by atoms with E-state index in [0.717, 1.165) is 36.9 Å². The van der Waals surface area contributed by atoms with Crippen LogP contribution < -0.4 is 10.6 Å². The number of hydrogen-bond acceptors (Lipinski definition) is 5. The van der Waals surface area contributed by atoms with Crippen LogP contribution in [-0.2, 0) is 16.0 Å². The first-order chi connectivity index (χ1) is 16.1. The standard InChI is InChI=1S/C22H25N3OS.C2HF3O2/c1-27-20-6-4-5-18(14-20)17-10-8-16(9-11-17)13-19(15-23)25-22(26)21-7-2-3-12-24-21;3-2(4,5)1(6)7/h4-6,8-11,14,19,21,24H,2-3,7,12-13H2,1H3,(H,25,26);(H,6,7)/t19-,21-;/m0./s1. The Morgan fingerprint density at radius 3 is 2.41 bits per heavy atom. The normalized spacial score (nSPS) is 16.4. The SMILES string of the molecule is CSc1cccc(-c2ccc(C[C@@H](C#N)NC(=O)[C@@H]3CCCCN3)cc2)c1.O=C(O)C(F)(F)F. The zero-order valence-electron chi connectivity index (χ0n) is 18.6. The average molecular weight is 494 g/mol. The summed E-state index contributed by atoms with van der Waals surface area (Å²) in [5.74, 6) is -2.82. The number of piperidine rings is 1. The minimum absolute atomic E-state index is 0.0632. The van der Waals surface area contributed by atoms with Gasteiger partial charge in [0, 0.05) is 11.3 Å². The molecule has 0 spiro atoms. The van der Waals surface area contributed by atoms with Crippen molar-refractivity contribution in [3.63, 3.8) is 0 Å². The van der Waals surface area contributed by atoms with E-state index in [0.29, 0.717) is 6.42 Å². The van der Waals surface area contributed by atoms with Crippen molar-refractivity contribution < 1.29 is 27.9 Å². The van der Waals surface area contributed by atoms with E-state index in [-0.39, 0.29) is 11.9 Å². The minimum atomic E-state index is -5.08. The highest BCUT2D eigenvalue weighted by molar-refractivity contribution is 7.98. The number of nitrogens with zero attached hydrogens (tertiary/aromatic N) is 1. The molecule has 182 valence electrons. The van der Waals surface area contributed by atoms with Crippen molar-refractivity contribution in [1.82, 2.24) is 10.6 Å². The molecule has 0 saturated carbocycles. The predicted octanol–water partition coefficient (Wildman–Crippen LogP) is 4.40. The van der Waals surface area contributed by atoms with Crippen LogP contribution in [-0.4, -0.2) is 48.0 Å². The molecule has 0 unspecified atom stereocenters. The number of nitrogens with one attached hydrogen (secondary N) is 2. The number of halogens is 3. The molecule has 3 rings (SSSR count). The van der Waals surface area contributed by atoms with E-state index in [9.17, 15) is 23.2 Å². The Hall–Kier alpha value is -3.03. The van der Waals surface area contributed by atoms with E-state index in [4.69, 9.17) is 9.90 Å². The molecule has 0 radical (unpaired) electrons. The summed E-state index contributed by atoms with van der Waals surface area (Å²) in [7, 11) is 0. The van der Waals surface area contributed by atoms with Crippen LogP contribution in [0.2, 0.25) is 0 Å².